The summed E-state index contributed by atoms with van der Waals surface area (Å²) in [5.41, 5.74) is 1.89. The molecule has 5 rings (SSSR count). The minimum atomic E-state index is -4.02. The Kier molecular flexibility index (Phi) is 9.19. The lowest BCUT2D eigenvalue weighted by Crippen LogP contribution is -2.42. The fraction of sp³-hybridized carbons (Fsp3) is 0.323. The Morgan fingerprint density at radius 3 is 2.36 bits per heavy atom. The largest absolute Gasteiger partial charge is 0.489 e. The lowest BCUT2D eigenvalue weighted by atomic mass is 10.1. The lowest BCUT2D eigenvalue weighted by molar-refractivity contribution is -0.139. The first-order chi connectivity index (χ1) is 20.3. The van der Waals surface area contributed by atoms with Crippen LogP contribution in [0, 0.1) is 0 Å². The highest BCUT2D eigenvalue weighted by molar-refractivity contribution is 7.89. The molecule has 3 aromatic carbocycles. The molecule has 0 saturated carbocycles. The summed E-state index contributed by atoms with van der Waals surface area (Å²) in [5, 5.41) is 9.70. The van der Waals surface area contributed by atoms with E-state index < -0.39 is 28.1 Å². The second-order valence-corrected chi connectivity index (χ2v) is 12.0. The highest BCUT2D eigenvalue weighted by Crippen LogP contribution is 2.25. The Morgan fingerprint density at radius 1 is 1.00 bits per heavy atom. The molecule has 3 unspecified atom stereocenters. The maximum absolute atomic E-state index is 13.3. The molecule has 220 valence electrons. The number of para-hydroxylation sites is 1. The third-order valence-electron chi connectivity index (χ3n) is 7.28. The van der Waals surface area contributed by atoms with Gasteiger partial charge in [0.15, 0.2) is 0 Å². The summed E-state index contributed by atoms with van der Waals surface area (Å²) >= 11 is 0. The maximum Gasteiger partial charge on any atom is 0.321 e. The number of carboxylic acids is 1. The van der Waals surface area contributed by atoms with Crippen molar-refractivity contribution in [1.82, 2.24) is 9.62 Å². The van der Waals surface area contributed by atoms with E-state index >= 15 is 0 Å². The third kappa shape index (κ3) is 7.34. The van der Waals surface area contributed by atoms with Crippen LogP contribution in [0.3, 0.4) is 0 Å². The quantitative estimate of drug-likeness (QED) is 0.330. The molecule has 3 atom stereocenters. The highest BCUT2D eigenvalue weighted by atomic mass is 32.2. The Morgan fingerprint density at radius 2 is 1.67 bits per heavy atom. The van der Waals surface area contributed by atoms with Gasteiger partial charge in [-0.05, 0) is 48.2 Å². The number of benzene rings is 3. The molecule has 1 amide bonds. The van der Waals surface area contributed by atoms with E-state index in [9.17, 15) is 23.1 Å². The lowest BCUT2D eigenvalue weighted by Gasteiger charge is -2.24. The summed E-state index contributed by atoms with van der Waals surface area (Å²) in [7, 11) is -4.02. The van der Waals surface area contributed by atoms with Gasteiger partial charge in [-0.15, -0.1) is 0 Å². The standard InChI is InChI=1S/C31H33N3O7S/c35-29(18-22-13-15-23(16-14-22)20-40-25-8-3-1-4-9-25)34-17-7-12-28(34)30-32-24(21-41-30)19-27(31(36)37)33-42(38,39)26-10-5-2-6-11-26/h1-6,8-11,13-16,24,27-28,33H,7,12,17-21H2,(H,36,37). The summed E-state index contributed by atoms with van der Waals surface area (Å²) < 4.78 is 39.2. The number of aliphatic imine (C=N–C) groups is 1. The third-order valence-corrected chi connectivity index (χ3v) is 8.76. The highest BCUT2D eigenvalue weighted by Gasteiger charge is 2.38. The van der Waals surface area contributed by atoms with Crippen LogP contribution < -0.4 is 9.46 Å². The molecule has 2 aliphatic heterocycles. The smallest absolute Gasteiger partial charge is 0.321 e. The number of aliphatic carboxylic acids is 1. The van der Waals surface area contributed by atoms with Gasteiger partial charge in [0.05, 0.1) is 17.4 Å². The number of hydrogen-bond donors (Lipinski definition) is 2. The summed E-state index contributed by atoms with van der Waals surface area (Å²) in [6, 6.07) is 22.7. The molecule has 1 fully saturated rings. The van der Waals surface area contributed by atoms with Crippen LogP contribution in [0.25, 0.3) is 0 Å². The second-order valence-electron chi connectivity index (χ2n) is 10.3. The van der Waals surface area contributed by atoms with Gasteiger partial charge in [-0.25, -0.2) is 13.4 Å². The van der Waals surface area contributed by atoms with Gasteiger partial charge in [0.2, 0.25) is 21.8 Å². The number of ether oxygens (including phenoxy) is 2. The number of carbonyl (C=O) groups excluding carboxylic acids is 1. The average molecular weight is 592 g/mol. The summed E-state index contributed by atoms with van der Waals surface area (Å²) in [6.45, 7) is 1.13. The zero-order valence-electron chi connectivity index (χ0n) is 23.0. The molecule has 0 aromatic heterocycles. The minimum Gasteiger partial charge on any atom is -0.489 e. The maximum atomic E-state index is 13.3. The molecule has 2 heterocycles. The predicted octanol–water partition coefficient (Wildman–Crippen LogP) is 3.42. The fourth-order valence-electron chi connectivity index (χ4n) is 5.10. The van der Waals surface area contributed by atoms with Gasteiger partial charge < -0.3 is 19.5 Å². The first kappa shape index (κ1) is 29.3. The summed E-state index contributed by atoms with van der Waals surface area (Å²) in [5.74, 6) is -0.148. The molecule has 0 bridgehead atoms. The van der Waals surface area contributed by atoms with Gasteiger partial charge in [0.25, 0.3) is 0 Å². The van der Waals surface area contributed by atoms with Crippen LogP contribution >= 0.6 is 0 Å². The van der Waals surface area contributed by atoms with Crippen molar-refractivity contribution in [1.29, 1.82) is 0 Å². The molecule has 0 radical (unpaired) electrons. The number of nitrogens with zero attached hydrogens (tertiary/aromatic N) is 2. The molecule has 10 nitrogen and oxygen atoms in total. The molecule has 0 aliphatic carbocycles. The topological polar surface area (TPSA) is 135 Å². The van der Waals surface area contributed by atoms with Crippen molar-refractivity contribution >= 4 is 27.8 Å². The van der Waals surface area contributed by atoms with Gasteiger partial charge in [0.1, 0.15) is 31.0 Å². The molecule has 11 heteroatoms. The predicted molar refractivity (Wildman–Crippen MR) is 156 cm³/mol. The van der Waals surface area contributed by atoms with Gasteiger partial charge >= 0.3 is 5.97 Å². The van der Waals surface area contributed by atoms with Crippen LogP contribution in [0.5, 0.6) is 5.75 Å². The number of nitrogens with one attached hydrogen (secondary N) is 1. The van der Waals surface area contributed by atoms with E-state index in [0.717, 1.165) is 23.3 Å². The van der Waals surface area contributed by atoms with Gasteiger partial charge in [0, 0.05) is 13.0 Å². The van der Waals surface area contributed by atoms with Crippen molar-refractivity contribution in [3.05, 3.63) is 96.1 Å². The van der Waals surface area contributed by atoms with Crippen molar-refractivity contribution in [2.45, 2.75) is 55.3 Å². The van der Waals surface area contributed by atoms with Crippen molar-refractivity contribution in [3.8, 4) is 5.75 Å². The number of carboxylic acid groups (broad SMARTS) is 1. The molecule has 3 aromatic rings. The van der Waals surface area contributed by atoms with E-state index in [1.165, 1.54) is 12.1 Å². The van der Waals surface area contributed by atoms with Crippen molar-refractivity contribution in [2.75, 3.05) is 13.2 Å². The number of rotatable bonds is 12. The Hall–Kier alpha value is -4.22. The molecular formula is C31H33N3O7S. The van der Waals surface area contributed by atoms with E-state index in [1.54, 1.807) is 23.1 Å². The summed E-state index contributed by atoms with van der Waals surface area (Å²) in [4.78, 5) is 31.5. The molecular weight excluding hydrogens is 558 g/mol. The number of amides is 1. The normalized spacial score (nSPS) is 19.1. The van der Waals surface area contributed by atoms with Crippen LogP contribution in [0.4, 0.5) is 0 Å². The van der Waals surface area contributed by atoms with E-state index in [-0.39, 0.29) is 36.3 Å². The number of carbonyl (C=O) groups is 2. The first-order valence-electron chi connectivity index (χ1n) is 13.8. The van der Waals surface area contributed by atoms with Crippen LogP contribution in [0.1, 0.15) is 30.4 Å². The fourth-order valence-corrected chi connectivity index (χ4v) is 6.32. The Labute approximate surface area is 245 Å². The summed E-state index contributed by atoms with van der Waals surface area (Å²) in [6.07, 6.45) is 1.64. The number of hydrogen-bond acceptors (Lipinski definition) is 7. The monoisotopic (exact) mass is 591 g/mol. The number of sulfonamides is 1. The Balaban J connectivity index is 1.17. The molecule has 1 saturated heterocycles. The van der Waals surface area contributed by atoms with Crippen LogP contribution in [0.2, 0.25) is 0 Å². The molecule has 2 N–H and O–H groups in total. The average Bonchev–Trinajstić information content (AvgIpc) is 3.67. The van der Waals surface area contributed by atoms with Crippen molar-refractivity contribution in [2.24, 2.45) is 4.99 Å². The van der Waals surface area contributed by atoms with Crippen molar-refractivity contribution < 1.29 is 32.6 Å². The van der Waals surface area contributed by atoms with Gasteiger partial charge in [-0.2, -0.15) is 4.72 Å². The zero-order chi connectivity index (χ0) is 29.5. The molecule has 0 spiro atoms. The van der Waals surface area contributed by atoms with Gasteiger partial charge in [-0.1, -0.05) is 60.7 Å². The van der Waals surface area contributed by atoms with E-state index in [0.29, 0.717) is 25.5 Å². The van der Waals surface area contributed by atoms with Crippen LogP contribution in [-0.4, -0.2) is 67.5 Å². The van der Waals surface area contributed by atoms with Crippen LogP contribution in [-0.2, 0) is 37.4 Å². The molecule has 2 aliphatic rings. The number of likely N-dealkylation sites (tertiary alicyclic amines) is 1. The minimum absolute atomic E-state index is 0.0154. The van der Waals surface area contributed by atoms with Crippen LogP contribution in [0.15, 0.2) is 94.8 Å². The van der Waals surface area contributed by atoms with Crippen molar-refractivity contribution in [3.63, 3.8) is 0 Å². The van der Waals surface area contributed by atoms with Gasteiger partial charge in [-0.3, -0.25) is 9.59 Å². The second kappa shape index (κ2) is 13.2. The molecule has 42 heavy (non-hydrogen) atoms. The Bertz CT molecular complexity index is 1510. The van der Waals surface area contributed by atoms with E-state index in [2.05, 4.69) is 9.71 Å². The first-order valence-corrected chi connectivity index (χ1v) is 15.3. The van der Waals surface area contributed by atoms with E-state index in [1.807, 2.05) is 54.6 Å². The SMILES string of the molecule is O=C(O)C(CC1COC(C2CCCN2C(=O)Cc2ccc(COc3ccccc3)cc2)=N1)NS(=O)(=O)c1ccccc1. The van der Waals surface area contributed by atoms with E-state index in [4.69, 9.17) is 9.47 Å². The zero-order valence-corrected chi connectivity index (χ0v) is 23.8.